The van der Waals surface area contributed by atoms with Gasteiger partial charge in [0, 0.05) is 12.5 Å². The fourth-order valence-electron chi connectivity index (χ4n) is 1.47. The van der Waals surface area contributed by atoms with Crippen molar-refractivity contribution in [3.63, 3.8) is 0 Å². The highest BCUT2D eigenvalue weighted by molar-refractivity contribution is 5.85. The summed E-state index contributed by atoms with van der Waals surface area (Å²) in [5.41, 5.74) is 0. The van der Waals surface area contributed by atoms with Crippen LogP contribution in [0, 0.1) is 0 Å². The van der Waals surface area contributed by atoms with E-state index in [0.29, 0.717) is 6.42 Å². The molecule has 13 heavy (non-hydrogen) atoms. The van der Waals surface area contributed by atoms with Crippen molar-refractivity contribution in [1.29, 1.82) is 0 Å². The molecule has 0 atom stereocenters. The molecule has 4 heteroatoms. The van der Waals surface area contributed by atoms with Crippen LogP contribution in [0.1, 0.15) is 32.6 Å². The van der Waals surface area contributed by atoms with Gasteiger partial charge in [-0.15, -0.1) is 12.4 Å². The molecule has 0 aromatic rings. The molecule has 1 aliphatic carbocycles. The Morgan fingerprint density at radius 2 is 2.15 bits per heavy atom. The van der Waals surface area contributed by atoms with E-state index < -0.39 is 5.97 Å². The molecule has 78 valence electrons. The Morgan fingerprint density at radius 1 is 1.54 bits per heavy atom. The van der Waals surface area contributed by atoms with Gasteiger partial charge in [-0.05, 0) is 32.4 Å². The van der Waals surface area contributed by atoms with Gasteiger partial charge in [0.05, 0.1) is 0 Å². The van der Waals surface area contributed by atoms with E-state index in [0.717, 1.165) is 25.6 Å². The highest BCUT2D eigenvalue weighted by Gasteiger charge is 2.27. The summed E-state index contributed by atoms with van der Waals surface area (Å²) in [5, 5.41) is 8.43. The standard InChI is InChI=1S/C9H17NO2.ClH/c1-2-10(8-5-6-8)7-3-4-9(11)12;/h8H,2-7H2,1H3,(H,11,12);1H. The van der Waals surface area contributed by atoms with Gasteiger partial charge in [0.15, 0.2) is 0 Å². The summed E-state index contributed by atoms with van der Waals surface area (Å²) < 4.78 is 0. The molecule has 3 nitrogen and oxygen atoms in total. The predicted octanol–water partition coefficient (Wildman–Crippen LogP) is 1.76. The first-order chi connectivity index (χ1) is 5.74. The number of hydrogen-bond acceptors (Lipinski definition) is 2. The molecular weight excluding hydrogens is 190 g/mol. The van der Waals surface area contributed by atoms with Gasteiger partial charge >= 0.3 is 5.97 Å². The van der Waals surface area contributed by atoms with E-state index in [9.17, 15) is 4.79 Å². The Kier molecular flexibility index (Phi) is 6.08. The maximum absolute atomic E-state index is 10.2. The van der Waals surface area contributed by atoms with Crippen LogP contribution in [0.15, 0.2) is 0 Å². The highest BCUT2D eigenvalue weighted by Crippen LogP contribution is 2.26. The van der Waals surface area contributed by atoms with E-state index in [1.807, 2.05) is 0 Å². The van der Waals surface area contributed by atoms with Crippen molar-refractivity contribution < 1.29 is 9.90 Å². The molecule has 0 heterocycles. The topological polar surface area (TPSA) is 40.5 Å². The van der Waals surface area contributed by atoms with Crippen LogP contribution >= 0.6 is 12.4 Å². The highest BCUT2D eigenvalue weighted by atomic mass is 35.5. The molecule has 0 bridgehead atoms. The molecule has 0 radical (unpaired) electrons. The zero-order chi connectivity index (χ0) is 8.97. The molecule has 0 amide bonds. The van der Waals surface area contributed by atoms with Crippen LogP contribution in [0.3, 0.4) is 0 Å². The second kappa shape index (κ2) is 6.22. The number of carboxylic acid groups (broad SMARTS) is 1. The summed E-state index contributed by atoms with van der Waals surface area (Å²) in [6, 6.07) is 0.767. The fraction of sp³-hybridized carbons (Fsp3) is 0.889. The number of halogens is 1. The van der Waals surface area contributed by atoms with E-state index in [1.165, 1.54) is 12.8 Å². The monoisotopic (exact) mass is 207 g/mol. The van der Waals surface area contributed by atoms with Crippen LogP contribution < -0.4 is 0 Å². The molecule has 0 saturated heterocycles. The lowest BCUT2D eigenvalue weighted by Gasteiger charge is -2.18. The lowest BCUT2D eigenvalue weighted by molar-refractivity contribution is -0.137. The van der Waals surface area contributed by atoms with Crippen molar-refractivity contribution in [1.82, 2.24) is 4.90 Å². The van der Waals surface area contributed by atoms with Crippen LogP contribution in [0.25, 0.3) is 0 Å². The first-order valence-electron chi connectivity index (χ1n) is 4.70. The van der Waals surface area contributed by atoms with Crippen LogP contribution in [-0.4, -0.2) is 35.1 Å². The average Bonchev–Trinajstić information content (AvgIpc) is 2.80. The first-order valence-corrected chi connectivity index (χ1v) is 4.70. The molecular formula is C9H18ClNO2. The van der Waals surface area contributed by atoms with Crippen molar-refractivity contribution in [2.45, 2.75) is 38.6 Å². The van der Waals surface area contributed by atoms with Gasteiger partial charge in [-0.25, -0.2) is 0 Å². The van der Waals surface area contributed by atoms with Crippen molar-refractivity contribution in [2.75, 3.05) is 13.1 Å². The van der Waals surface area contributed by atoms with E-state index in [1.54, 1.807) is 0 Å². The van der Waals surface area contributed by atoms with Gasteiger partial charge in [-0.1, -0.05) is 6.92 Å². The molecule has 0 spiro atoms. The Bertz CT molecular complexity index is 160. The summed E-state index contributed by atoms with van der Waals surface area (Å²) in [5.74, 6) is -0.679. The maximum atomic E-state index is 10.2. The second-order valence-electron chi connectivity index (χ2n) is 3.36. The summed E-state index contributed by atoms with van der Waals surface area (Å²) in [6.07, 6.45) is 3.71. The molecule has 1 saturated carbocycles. The number of aliphatic carboxylic acids is 1. The van der Waals surface area contributed by atoms with Crippen LogP contribution in [0.2, 0.25) is 0 Å². The Balaban J connectivity index is 0.00000144. The molecule has 0 aliphatic heterocycles. The zero-order valence-electron chi connectivity index (χ0n) is 8.03. The van der Waals surface area contributed by atoms with E-state index in [2.05, 4.69) is 11.8 Å². The Morgan fingerprint density at radius 3 is 2.54 bits per heavy atom. The van der Waals surface area contributed by atoms with E-state index in [-0.39, 0.29) is 12.4 Å². The minimum atomic E-state index is -0.679. The second-order valence-corrected chi connectivity index (χ2v) is 3.36. The molecule has 1 rings (SSSR count). The van der Waals surface area contributed by atoms with Gasteiger partial charge in [-0.2, -0.15) is 0 Å². The summed E-state index contributed by atoms with van der Waals surface area (Å²) in [7, 11) is 0. The molecule has 1 fully saturated rings. The molecule has 0 unspecified atom stereocenters. The largest absolute Gasteiger partial charge is 0.481 e. The number of carboxylic acids is 1. The number of carbonyl (C=O) groups is 1. The summed E-state index contributed by atoms with van der Waals surface area (Å²) >= 11 is 0. The van der Waals surface area contributed by atoms with Crippen LogP contribution in [0.5, 0.6) is 0 Å². The summed E-state index contributed by atoms with van der Waals surface area (Å²) in [6.45, 7) is 4.15. The van der Waals surface area contributed by atoms with E-state index >= 15 is 0 Å². The molecule has 0 aromatic carbocycles. The molecule has 1 N–H and O–H groups in total. The van der Waals surface area contributed by atoms with Crippen LogP contribution in [0.4, 0.5) is 0 Å². The Hall–Kier alpha value is -0.280. The average molecular weight is 208 g/mol. The normalized spacial score (nSPS) is 15.5. The van der Waals surface area contributed by atoms with Gasteiger partial charge < -0.3 is 10.0 Å². The lowest BCUT2D eigenvalue weighted by Crippen LogP contribution is -2.27. The van der Waals surface area contributed by atoms with Gasteiger partial charge in [0.2, 0.25) is 0 Å². The summed E-state index contributed by atoms with van der Waals surface area (Å²) in [4.78, 5) is 12.6. The lowest BCUT2D eigenvalue weighted by atomic mass is 10.3. The number of hydrogen-bond donors (Lipinski definition) is 1. The number of rotatable bonds is 6. The predicted molar refractivity (Wildman–Crippen MR) is 54.4 cm³/mol. The smallest absolute Gasteiger partial charge is 0.303 e. The molecule has 0 aromatic heterocycles. The zero-order valence-corrected chi connectivity index (χ0v) is 8.85. The number of nitrogens with zero attached hydrogens (tertiary/aromatic N) is 1. The van der Waals surface area contributed by atoms with Crippen molar-refractivity contribution in [3.05, 3.63) is 0 Å². The SMILES string of the molecule is CCN(CCCC(=O)O)C1CC1.Cl. The van der Waals surface area contributed by atoms with E-state index in [4.69, 9.17) is 5.11 Å². The van der Waals surface area contributed by atoms with Gasteiger partial charge in [-0.3, -0.25) is 4.79 Å². The van der Waals surface area contributed by atoms with Crippen molar-refractivity contribution in [3.8, 4) is 0 Å². The van der Waals surface area contributed by atoms with Crippen molar-refractivity contribution >= 4 is 18.4 Å². The minimum absolute atomic E-state index is 0. The third kappa shape index (κ3) is 5.11. The maximum Gasteiger partial charge on any atom is 0.303 e. The minimum Gasteiger partial charge on any atom is -0.481 e. The van der Waals surface area contributed by atoms with Crippen LogP contribution in [-0.2, 0) is 4.79 Å². The van der Waals surface area contributed by atoms with Crippen molar-refractivity contribution in [2.24, 2.45) is 0 Å². The Labute approximate surface area is 85.5 Å². The fourth-order valence-corrected chi connectivity index (χ4v) is 1.47. The third-order valence-corrected chi connectivity index (χ3v) is 2.31. The third-order valence-electron chi connectivity index (χ3n) is 2.31. The first kappa shape index (κ1) is 12.7. The van der Waals surface area contributed by atoms with Gasteiger partial charge in [0.25, 0.3) is 0 Å². The molecule has 1 aliphatic rings. The van der Waals surface area contributed by atoms with Gasteiger partial charge in [0.1, 0.15) is 0 Å². The quantitative estimate of drug-likeness (QED) is 0.722.